The number of unbranched alkanes of at least 4 members (excludes halogenated alkanes) is 1. The number of nitrogens with one attached hydrogen (secondary N) is 1. The molecule has 0 saturated carbocycles. The molecule has 0 radical (unpaired) electrons. The molecule has 0 aromatic heterocycles. The molecule has 0 fully saturated rings. The maximum Gasteiger partial charge on any atom is 0.147 e. The molecule has 0 aliphatic rings. The fourth-order valence-electron chi connectivity index (χ4n) is 1.48. The fraction of sp³-hybridized carbons (Fsp3) is 0.500. The van der Waals surface area contributed by atoms with Crippen molar-refractivity contribution in [3.05, 3.63) is 28.2 Å². The van der Waals surface area contributed by atoms with Gasteiger partial charge in [0.05, 0.1) is 10.2 Å². The quantitative estimate of drug-likeness (QED) is 0.774. The molecule has 0 heterocycles. The van der Waals surface area contributed by atoms with Crippen molar-refractivity contribution in [2.75, 3.05) is 5.32 Å². The van der Waals surface area contributed by atoms with Crippen LogP contribution in [0.25, 0.3) is 0 Å². The number of rotatable bonds is 5. The molecule has 4 heteroatoms. The minimum absolute atomic E-state index is 0.148. The van der Waals surface area contributed by atoms with Crippen LogP contribution in [0.4, 0.5) is 14.5 Å². The van der Waals surface area contributed by atoms with Crippen molar-refractivity contribution in [1.82, 2.24) is 0 Å². The molecule has 0 spiro atoms. The standard InChI is InChI=1S/C12H16BrF2N/c1-3-4-5-8(2)16-12-7-10(14)9(13)6-11(12)15/h6-8,16H,3-5H2,1-2H3. The van der Waals surface area contributed by atoms with Gasteiger partial charge in [0, 0.05) is 12.1 Å². The summed E-state index contributed by atoms with van der Waals surface area (Å²) in [5.74, 6) is -0.886. The van der Waals surface area contributed by atoms with Crippen LogP contribution >= 0.6 is 15.9 Å². The monoisotopic (exact) mass is 291 g/mol. The SMILES string of the molecule is CCCCC(C)Nc1cc(F)c(Br)cc1F. The molecule has 90 valence electrons. The lowest BCUT2D eigenvalue weighted by atomic mass is 10.1. The second-order valence-corrected chi connectivity index (χ2v) is 4.79. The van der Waals surface area contributed by atoms with E-state index in [0.29, 0.717) is 0 Å². The van der Waals surface area contributed by atoms with E-state index in [1.165, 1.54) is 6.07 Å². The maximum absolute atomic E-state index is 13.5. The van der Waals surface area contributed by atoms with E-state index < -0.39 is 11.6 Å². The molecule has 0 saturated heterocycles. The smallest absolute Gasteiger partial charge is 0.147 e. The molecular formula is C12H16BrF2N. The molecule has 16 heavy (non-hydrogen) atoms. The Morgan fingerprint density at radius 3 is 2.62 bits per heavy atom. The second-order valence-electron chi connectivity index (χ2n) is 3.93. The molecule has 1 aromatic rings. The third-order valence-electron chi connectivity index (χ3n) is 2.40. The minimum Gasteiger partial charge on any atom is -0.380 e. The molecule has 1 nitrogen and oxygen atoms in total. The van der Waals surface area contributed by atoms with E-state index in [2.05, 4.69) is 28.2 Å². The summed E-state index contributed by atoms with van der Waals surface area (Å²) in [7, 11) is 0. The molecule has 0 aliphatic heterocycles. The maximum atomic E-state index is 13.5. The highest BCUT2D eigenvalue weighted by molar-refractivity contribution is 9.10. The van der Waals surface area contributed by atoms with Crippen LogP contribution < -0.4 is 5.32 Å². The van der Waals surface area contributed by atoms with E-state index >= 15 is 0 Å². The first-order chi connectivity index (χ1) is 7.54. The van der Waals surface area contributed by atoms with Crippen LogP contribution in [-0.4, -0.2) is 6.04 Å². The van der Waals surface area contributed by atoms with Crippen molar-refractivity contribution in [1.29, 1.82) is 0 Å². The zero-order valence-corrected chi connectivity index (χ0v) is 11.1. The predicted octanol–water partition coefficient (Wildman–Crippen LogP) is 4.72. The summed E-state index contributed by atoms with van der Waals surface area (Å²) in [4.78, 5) is 0. The molecular weight excluding hydrogens is 276 g/mol. The second kappa shape index (κ2) is 6.18. The van der Waals surface area contributed by atoms with Crippen molar-refractivity contribution in [3.63, 3.8) is 0 Å². The van der Waals surface area contributed by atoms with Crippen molar-refractivity contribution in [2.24, 2.45) is 0 Å². The van der Waals surface area contributed by atoms with Gasteiger partial charge in [-0.25, -0.2) is 8.78 Å². The first kappa shape index (κ1) is 13.4. The number of hydrogen-bond acceptors (Lipinski definition) is 1. The Hall–Kier alpha value is -0.640. The molecule has 1 N–H and O–H groups in total. The number of halogens is 3. The van der Waals surface area contributed by atoms with Crippen molar-refractivity contribution < 1.29 is 8.78 Å². The first-order valence-corrected chi connectivity index (χ1v) is 6.25. The molecule has 1 unspecified atom stereocenters. The Bertz CT molecular complexity index is 355. The fourth-order valence-corrected chi connectivity index (χ4v) is 1.80. The van der Waals surface area contributed by atoms with Crippen molar-refractivity contribution in [2.45, 2.75) is 39.2 Å². The third kappa shape index (κ3) is 3.74. The zero-order chi connectivity index (χ0) is 12.1. The Morgan fingerprint density at radius 1 is 1.31 bits per heavy atom. The van der Waals surface area contributed by atoms with Gasteiger partial charge in [0.25, 0.3) is 0 Å². The summed E-state index contributed by atoms with van der Waals surface area (Å²) in [5, 5.41) is 2.98. The van der Waals surface area contributed by atoms with Crippen LogP contribution in [0.1, 0.15) is 33.1 Å². The van der Waals surface area contributed by atoms with Gasteiger partial charge in [-0.2, -0.15) is 0 Å². The Balaban J connectivity index is 2.69. The van der Waals surface area contributed by atoms with Gasteiger partial charge in [-0.1, -0.05) is 19.8 Å². The van der Waals surface area contributed by atoms with E-state index in [9.17, 15) is 8.78 Å². The summed E-state index contributed by atoms with van der Waals surface area (Å²) in [5.41, 5.74) is 0.226. The lowest BCUT2D eigenvalue weighted by Gasteiger charge is -2.15. The summed E-state index contributed by atoms with van der Waals surface area (Å²) < 4.78 is 26.8. The number of benzene rings is 1. The first-order valence-electron chi connectivity index (χ1n) is 5.45. The molecule has 1 aromatic carbocycles. The van der Waals surface area contributed by atoms with Crippen LogP contribution in [0, 0.1) is 11.6 Å². The highest BCUT2D eigenvalue weighted by atomic mass is 79.9. The van der Waals surface area contributed by atoms with Gasteiger partial charge in [0.15, 0.2) is 0 Å². The van der Waals surface area contributed by atoms with Crippen LogP contribution in [0.5, 0.6) is 0 Å². The minimum atomic E-state index is -0.452. The van der Waals surface area contributed by atoms with E-state index in [1.54, 1.807) is 0 Å². The average molecular weight is 292 g/mol. The van der Waals surface area contributed by atoms with Crippen molar-refractivity contribution >= 4 is 21.6 Å². The topological polar surface area (TPSA) is 12.0 Å². The van der Waals surface area contributed by atoms with Crippen LogP contribution in [-0.2, 0) is 0 Å². The van der Waals surface area contributed by atoms with Gasteiger partial charge in [0.2, 0.25) is 0 Å². The summed E-state index contributed by atoms with van der Waals surface area (Å²) in [6.07, 6.45) is 3.13. The summed E-state index contributed by atoms with van der Waals surface area (Å²) >= 11 is 2.95. The highest BCUT2D eigenvalue weighted by Gasteiger charge is 2.10. The molecule has 0 bridgehead atoms. The number of anilines is 1. The van der Waals surface area contributed by atoms with Gasteiger partial charge in [-0.15, -0.1) is 0 Å². The molecule has 1 rings (SSSR count). The van der Waals surface area contributed by atoms with Crippen LogP contribution in [0.15, 0.2) is 16.6 Å². The summed E-state index contributed by atoms with van der Waals surface area (Å²) in [6.45, 7) is 4.07. The average Bonchev–Trinajstić information content (AvgIpc) is 2.23. The van der Waals surface area contributed by atoms with E-state index in [-0.39, 0.29) is 16.2 Å². The van der Waals surface area contributed by atoms with Crippen LogP contribution in [0.2, 0.25) is 0 Å². The van der Waals surface area contributed by atoms with Gasteiger partial charge >= 0.3 is 0 Å². The Morgan fingerprint density at radius 2 is 2.00 bits per heavy atom. The predicted molar refractivity (Wildman–Crippen MR) is 66.7 cm³/mol. The van der Waals surface area contributed by atoms with E-state index in [4.69, 9.17) is 0 Å². The van der Waals surface area contributed by atoms with Crippen LogP contribution in [0.3, 0.4) is 0 Å². The highest BCUT2D eigenvalue weighted by Crippen LogP contribution is 2.24. The van der Waals surface area contributed by atoms with Gasteiger partial charge in [-0.05, 0) is 35.3 Å². The van der Waals surface area contributed by atoms with E-state index in [0.717, 1.165) is 25.3 Å². The molecule has 0 amide bonds. The largest absolute Gasteiger partial charge is 0.380 e. The van der Waals surface area contributed by atoms with E-state index in [1.807, 2.05) is 6.92 Å². The van der Waals surface area contributed by atoms with Crippen molar-refractivity contribution in [3.8, 4) is 0 Å². The lowest BCUT2D eigenvalue weighted by molar-refractivity contribution is 0.588. The zero-order valence-electron chi connectivity index (χ0n) is 9.49. The lowest BCUT2D eigenvalue weighted by Crippen LogP contribution is -2.16. The normalized spacial score (nSPS) is 12.6. The van der Waals surface area contributed by atoms with Gasteiger partial charge < -0.3 is 5.32 Å². The third-order valence-corrected chi connectivity index (χ3v) is 3.01. The molecule has 0 aliphatic carbocycles. The Kier molecular flexibility index (Phi) is 5.19. The molecule has 1 atom stereocenters. The Labute approximate surface area is 103 Å². The number of hydrogen-bond donors (Lipinski definition) is 1. The summed E-state index contributed by atoms with van der Waals surface area (Å²) in [6, 6.07) is 2.47. The van der Waals surface area contributed by atoms with Gasteiger partial charge in [0.1, 0.15) is 11.6 Å². The van der Waals surface area contributed by atoms with Gasteiger partial charge in [-0.3, -0.25) is 0 Å².